The molecule has 29 heavy (non-hydrogen) atoms. The van der Waals surface area contributed by atoms with Crippen molar-refractivity contribution in [1.82, 2.24) is 14.9 Å². The van der Waals surface area contributed by atoms with Crippen LogP contribution in [0.1, 0.15) is 35.7 Å². The van der Waals surface area contributed by atoms with Gasteiger partial charge in [-0.1, -0.05) is 41.9 Å². The summed E-state index contributed by atoms with van der Waals surface area (Å²) in [5, 5.41) is 0.656. The number of guanidine groups is 1. The number of aryl methyl sites for hydroxylation is 1. The minimum absolute atomic E-state index is 0.0306. The summed E-state index contributed by atoms with van der Waals surface area (Å²) in [4.78, 5) is 30.9. The molecule has 1 aliphatic carbocycles. The van der Waals surface area contributed by atoms with E-state index in [0.717, 1.165) is 29.8 Å². The van der Waals surface area contributed by atoms with E-state index in [4.69, 9.17) is 27.3 Å². The second kappa shape index (κ2) is 6.42. The first-order valence-electron chi connectivity index (χ1n) is 9.88. The number of nitrogens with zero attached hydrogens (tertiary/aromatic N) is 5. The third-order valence-corrected chi connectivity index (χ3v) is 6.72. The Labute approximate surface area is 174 Å². The topological polar surface area (TPSA) is 87.7 Å². The van der Waals surface area contributed by atoms with E-state index in [-0.39, 0.29) is 17.8 Å². The monoisotopic (exact) mass is 410 g/mol. The molecule has 0 radical (unpaired) electrons. The lowest BCUT2D eigenvalue weighted by Gasteiger charge is -2.37. The van der Waals surface area contributed by atoms with Gasteiger partial charge in [-0.2, -0.15) is 0 Å². The molecule has 2 fully saturated rings. The molecule has 2 aliphatic heterocycles. The molecule has 0 spiro atoms. The van der Waals surface area contributed by atoms with E-state index < -0.39 is 5.54 Å². The van der Waals surface area contributed by atoms with Crippen LogP contribution in [0, 0.1) is 12.8 Å². The minimum atomic E-state index is -0.744. The van der Waals surface area contributed by atoms with Gasteiger partial charge in [-0.3, -0.25) is 9.69 Å². The SMILES string of the molecule is Cc1nc(N2C[C@H]3C(=O)N(C)C(N)=N[C@@]3(c3ccccc3)C2)nc(C2CC2)c1Cl. The van der Waals surface area contributed by atoms with Crippen molar-refractivity contribution in [3.63, 3.8) is 0 Å². The third-order valence-electron chi connectivity index (χ3n) is 6.25. The summed E-state index contributed by atoms with van der Waals surface area (Å²) in [6.07, 6.45) is 2.21. The zero-order valence-electron chi connectivity index (χ0n) is 16.5. The van der Waals surface area contributed by atoms with Gasteiger partial charge >= 0.3 is 0 Å². The maximum absolute atomic E-state index is 13.2. The molecule has 8 heteroatoms. The molecule has 1 aromatic carbocycles. The predicted octanol–water partition coefficient (Wildman–Crippen LogP) is 2.43. The second-order valence-electron chi connectivity index (χ2n) is 8.17. The number of fused-ring (bicyclic) bond motifs is 1. The molecule has 2 N–H and O–H groups in total. The van der Waals surface area contributed by atoms with E-state index in [2.05, 4.69) is 9.88 Å². The van der Waals surface area contributed by atoms with Crippen molar-refractivity contribution >= 4 is 29.4 Å². The van der Waals surface area contributed by atoms with E-state index in [0.29, 0.717) is 30.0 Å². The van der Waals surface area contributed by atoms with E-state index in [9.17, 15) is 4.79 Å². The van der Waals surface area contributed by atoms with Crippen molar-refractivity contribution in [2.24, 2.45) is 16.6 Å². The van der Waals surface area contributed by atoms with Gasteiger partial charge in [0.05, 0.1) is 28.9 Å². The van der Waals surface area contributed by atoms with E-state index >= 15 is 0 Å². The molecular weight excluding hydrogens is 388 g/mol. The molecular formula is C21H23ClN6O. The molecule has 3 aliphatic rings. The van der Waals surface area contributed by atoms with Gasteiger partial charge in [-0.15, -0.1) is 0 Å². The van der Waals surface area contributed by atoms with Crippen LogP contribution in [-0.2, 0) is 10.3 Å². The maximum Gasteiger partial charge on any atom is 0.236 e. The number of carbonyl (C=O) groups excluding carboxylic acids is 1. The maximum atomic E-state index is 13.2. The lowest BCUT2D eigenvalue weighted by Crippen LogP contribution is -2.54. The summed E-state index contributed by atoms with van der Waals surface area (Å²) in [5.74, 6) is 0.881. The first kappa shape index (κ1) is 18.4. The Bertz CT molecular complexity index is 1020. The van der Waals surface area contributed by atoms with Crippen LogP contribution in [0.2, 0.25) is 5.02 Å². The van der Waals surface area contributed by atoms with E-state index in [1.165, 1.54) is 4.90 Å². The number of aromatic nitrogens is 2. The Morgan fingerprint density at radius 2 is 1.93 bits per heavy atom. The molecule has 1 amide bonds. The Morgan fingerprint density at radius 1 is 1.21 bits per heavy atom. The number of nitrogens with two attached hydrogens (primary N) is 1. The van der Waals surface area contributed by atoms with E-state index in [1.54, 1.807) is 7.05 Å². The van der Waals surface area contributed by atoms with Crippen molar-refractivity contribution in [3.8, 4) is 0 Å². The highest BCUT2D eigenvalue weighted by atomic mass is 35.5. The lowest BCUT2D eigenvalue weighted by atomic mass is 9.79. The molecule has 7 nitrogen and oxygen atoms in total. The lowest BCUT2D eigenvalue weighted by molar-refractivity contribution is -0.132. The van der Waals surface area contributed by atoms with E-state index in [1.807, 2.05) is 37.3 Å². The van der Waals surface area contributed by atoms with Crippen LogP contribution < -0.4 is 10.6 Å². The van der Waals surface area contributed by atoms with Gasteiger partial charge < -0.3 is 10.6 Å². The van der Waals surface area contributed by atoms with Gasteiger partial charge in [0.15, 0.2) is 5.96 Å². The van der Waals surface area contributed by atoms with Gasteiger partial charge in [-0.25, -0.2) is 15.0 Å². The van der Waals surface area contributed by atoms with Crippen LogP contribution in [0.5, 0.6) is 0 Å². The van der Waals surface area contributed by atoms with Crippen LogP contribution in [0.15, 0.2) is 35.3 Å². The summed E-state index contributed by atoms with van der Waals surface area (Å²) in [5.41, 5.74) is 8.06. The van der Waals surface area contributed by atoms with Crippen LogP contribution >= 0.6 is 11.6 Å². The number of carbonyl (C=O) groups is 1. The number of hydrogen-bond acceptors (Lipinski definition) is 6. The van der Waals surface area contributed by atoms with Crippen LogP contribution in [0.4, 0.5) is 5.95 Å². The summed E-state index contributed by atoms with van der Waals surface area (Å²) in [6, 6.07) is 9.91. The third kappa shape index (κ3) is 2.79. The predicted molar refractivity (Wildman–Crippen MR) is 112 cm³/mol. The van der Waals surface area contributed by atoms with Gasteiger partial charge in [0, 0.05) is 19.5 Å². The molecule has 5 rings (SSSR count). The molecule has 0 unspecified atom stereocenters. The van der Waals surface area contributed by atoms with Gasteiger partial charge in [-0.05, 0) is 25.3 Å². The number of benzene rings is 1. The highest BCUT2D eigenvalue weighted by Crippen LogP contribution is 2.46. The number of hydrogen-bond donors (Lipinski definition) is 1. The smallest absolute Gasteiger partial charge is 0.236 e. The highest BCUT2D eigenvalue weighted by Gasteiger charge is 2.56. The number of rotatable bonds is 3. The van der Waals surface area contributed by atoms with Crippen LogP contribution in [0.3, 0.4) is 0 Å². The van der Waals surface area contributed by atoms with Crippen molar-refractivity contribution in [1.29, 1.82) is 0 Å². The fourth-order valence-corrected chi connectivity index (χ4v) is 4.67. The fourth-order valence-electron chi connectivity index (χ4n) is 4.43. The molecule has 1 saturated carbocycles. The number of aliphatic imine (C=N–C) groups is 1. The zero-order chi connectivity index (χ0) is 20.3. The summed E-state index contributed by atoms with van der Waals surface area (Å²) >= 11 is 6.47. The number of halogens is 1. The molecule has 3 heterocycles. The Morgan fingerprint density at radius 3 is 2.62 bits per heavy atom. The first-order valence-corrected chi connectivity index (χ1v) is 10.3. The first-order chi connectivity index (χ1) is 13.9. The second-order valence-corrected chi connectivity index (χ2v) is 8.55. The average molecular weight is 411 g/mol. The number of amides is 1. The standard InChI is InChI=1S/C21H23ClN6O/c1-12-16(22)17(13-8-9-13)25-20(24-12)28-10-15-18(29)27(2)19(23)26-21(15,11-28)14-6-4-3-5-7-14/h3-7,13,15H,8-11H2,1-2H3,(H2,23,26)/t15-,21+/m0/s1. The molecule has 2 atom stereocenters. The average Bonchev–Trinajstić information content (AvgIpc) is 3.49. The Hall–Kier alpha value is -2.67. The van der Waals surface area contributed by atoms with Crippen LogP contribution in [-0.4, -0.2) is 46.9 Å². The molecule has 2 aromatic rings. The quantitative estimate of drug-likeness (QED) is 0.839. The Balaban J connectivity index is 1.61. The van der Waals surface area contributed by atoms with Crippen molar-refractivity contribution < 1.29 is 4.79 Å². The van der Waals surface area contributed by atoms with Gasteiger partial charge in [0.1, 0.15) is 5.54 Å². The summed E-state index contributed by atoms with van der Waals surface area (Å²) in [6.45, 7) is 2.89. The highest BCUT2D eigenvalue weighted by molar-refractivity contribution is 6.31. The van der Waals surface area contributed by atoms with Crippen molar-refractivity contribution in [3.05, 3.63) is 52.3 Å². The largest absolute Gasteiger partial charge is 0.369 e. The fraction of sp³-hybridized carbons (Fsp3) is 0.429. The van der Waals surface area contributed by atoms with Crippen molar-refractivity contribution in [2.75, 3.05) is 25.0 Å². The van der Waals surface area contributed by atoms with Crippen molar-refractivity contribution in [2.45, 2.75) is 31.2 Å². The molecule has 150 valence electrons. The zero-order valence-corrected chi connectivity index (χ0v) is 17.2. The molecule has 0 bridgehead atoms. The summed E-state index contributed by atoms with van der Waals surface area (Å²) < 4.78 is 0. The minimum Gasteiger partial charge on any atom is -0.369 e. The number of anilines is 1. The normalized spacial score (nSPS) is 26.5. The molecule has 1 aromatic heterocycles. The Kier molecular flexibility index (Phi) is 4.07. The molecule has 1 saturated heterocycles. The van der Waals surface area contributed by atoms with Gasteiger partial charge in [0.2, 0.25) is 11.9 Å². The summed E-state index contributed by atoms with van der Waals surface area (Å²) in [7, 11) is 1.67. The van der Waals surface area contributed by atoms with Crippen LogP contribution in [0.25, 0.3) is 0 Å². The van der Waals surface area contributed by atoms with Gasteiger partial charge in [0.25, 0.3) is 0 Å².